The zero-order valence-electron chi connectivity index (χ0n) is 9.72. The molecule has 1 aromatic carbocycles. The summed E-state index contributed by atoms with van der Waals surface area (Å²) in [6, 6.07) is 7.63. The third kappa shape index (κ3) is 3.51. The molecule has 1 heterocycles. The van der Waals surface area contributed by atoms with Gasteiger partial charge in [0, 0.05) is 0 Å². The van der Waals surface area contributed by atoms with Crippen molar-refractivity contribution in [3.8, 4) is 5.75 Å². The molecule has 3 nitrogen and oxygen atoms in total. The van der Waals surface area contributed by atoms with Crippen molar-refractivity contribution in [2.45, 2.75) is 12.3 Å². The van der Waals surface area contributed by atoms with E-state index in [0.717, 1.165) is 12.1 Å². The van der Waals surface area contributed by atoms with Gasteiger partial charge in [-0.3, -0.25) is 0 Å². The maximum atomic E-state index is 12.5. The highest BCUT2D eigenvalue weighted by Crippen LogP contribution is 2.31. The van der Waals surface area contributed by atoms with Gasteiger partial charge in [-0.25, -0.2) is 0 Å². The van der Waals surface area contributed by atoms with Gasteiger partial charge in [0.25, 0.3) is 0 Å². The number of furan rings is 1. The first-order chi connectivity index (χ1) is 8.97. The second-order valence-electron chi connectivity index (χ2n) is 3.87. The maximum Gasteiger partial charge on any atom is 0.416 e. The molecular formula is C13H11F3O3. The summed E-state index contributed by atoms with van der Waals surface area (Å²) < 4.78 is 47.5. The smallest absolute Gasteiger partial charge is 0.416 e. The van der Waals surface area contributed by atoms with Crippen LogP contribution in [-0.2, 0) is 6.18 Å². The number of alkyl halides is 3. The summed E-state index contributed by atoms with van der Waals surface area (Å²) in [7, 11) is 0. The Morgan fingerprint density at radius 2 is 2.00 bits per heavy atom. The number of aliphatic hydroxyl groups excluding tert-OH is 1. The third-order valence-corrected chi connectivity index (χ3v) is 2.44. The summed E-state index contributed by atoms with van der Waals surface area (Å²) in [5.41, 5.74) is -0.794. The van der Waals surface area contributed by atoms with Crippen LogP contribution in [0.3, 0.4) is 0 Å². The van der Waals surface area contributed by atoms with Crippen LogP contribution in [-0.4, -0.2) is 11.7 Å². The fraction of sp³-hybridized carbons (Fsp3) is 0.231. The SMILES string of the molecule is OC(COc1cccc(C(F)(F)F)c1)c1ccco1. The third-order valence-electron chi connectivity index (χ3n) is 2.44. The van der Waals surface area contributed by atoms with Crippen molar-refractivity contribution in [1.82, 2.24) is 0 Å². The summed E-state index contributed by atoms with van der Waals surface area (Å²) in [6.45, 7) is -0.186. The van der Waals surface area contributed by atoms with E-state index in [0.29, 0.717) is 5.76 Å². The Kier molecular flexibility index (Phi) is 3.80. The Morgan fingerprint density at radius 3 is 2.63 bits per heavy atom. The van der Waals surface area contributed by atoms with E-state index in [1.165, 1.54) is 18.4 Å². The Morgan fingerprint density at radius 1 is 1.21 bits per heavy atom. The van der Waals surface area contributed by atoms with Crippen LogP contribution in [0.5, 0.6) is 5.75 Å². The fourth-order valence-electron chi connectivity index (χ4n) is 1.50. The summed E-state index contributed by atoms with van der Waals surface area (Å²) in [4.78, 5) is 0. The highest BCUT2D eigenvalue weighted by Gasteiger charge is 2.30. The zero-order valence-corrected chi connectivity index (χ0v) is 9.72. The molecule has 0 bridgehead atoms. The molecule has 1 unspecified atom stereocenters. The quantitative estimate of drug-likeness (QED) is 0.927. The normalized spacial score (nSPS) is 13.3. The summed E-state index contributed by atoms with van der Waals surface area (Å²) in [5, 5.41) is 9.66. The van der Waals surface area contributed by atoms with E-state index >= 15 is 0 Å². The molecule has 0 spiro atoms. The first-order valence-corrected chi connectivity index (χ1v) is 5.48. The number of rotatable bonds is 4. The van der Waals surface area contributed by atoms with Crippen molar-refractivity contribution in [3.63, 3.8) is 0 Å². The average molecular weight is 272 g/mol. The first-order valence-electron chi connectivity index (χ1n) is 5.48. The van der Waals surface area contributed by atoms with E-state index in [9.17, 15) is 18.3 Å². The van der Waals surface area contributed by atoms with Crippen molar-refractivity contribution in [1.29, 1.82) is 0 Å². The van der Waals surface area contributed by atoms with Gasteiger partial charge in [-0.15, -0.1) is 0 Å². The van der Waals surface area contributed by atoms with Crippen molar-refractivity contribution < 1.29 is 27.4 Å². The lowest BCUT2D eigenvalue weighted by molar-refractivity contribution is -0.137. The molecule has 0 aliphatic rings. The largest absolute Gasteiger partial charge is 0.490 e. The van der Waals surface area contributed by atoms with Crippen LogP contribution < -0.4 is 4.74 Å². The summed E-state index contributed by atoms with van der Waals surface area (Å²) in [5.74, 6) is 0.340. The molecule has 0 radical (unpaired) electrons. The van der Waals surface area contributed by atoms with Gasteiger partial charge < -0.3 is 14.3 Å². The standard InChI is InChI=1S/C13H11F3O3/c14-13(15,16)9-3-1-4-10(7-9)19-8-11(17)12-5-2-6-18-12/h1-7,11,17H,8H2. The van der Waals surface area contributed by atoms with Gasteiger partial charge in [0.15, 0.2) is 0 Å². The van der Waals surface area contributed by atoms with E-state index in [2.05, 4.69) is 0 Å². The van der Waals surface area contributed by atoms with Crippen LogP contribution in [0.2, 0.25) is 0 Å². The van der Waals surface area contributed by atoms with E-state index in [1.54, 1.807) is 12.1 Å². The van der Waals surface area contributed by atoms with Crippen molar-refractivity contribution in [2.75, 3.05) is 6.61 Å². The van der Waals surface area contributed by atoms with Crippen molar-refractivity contribution >= 4 is 0 Å². The second-order valence-corrected chi connectivity index (χ2v) is 3.87. The summed E-state index contributed by atoms with van der Waals surface area (Å²) in [6.07, 6.45) is -4.05. The molecule has 0 aliphatic heterocycles. The van der Waals surface area contributed by atoms with Gasteiger partial charge in [-0.1, -0.05) is 6.07 Å². The van der Waals surface area contributed by atoms with Crippen LogP contribution in [0.25, 0.3) is 0 Å². The molecule has 0 fully saturated rings. The minimum absolute atomic E-state index is 0.0421. The maximum absolute atomic E-state index is 12.5. The van der Waals surface area contributed by atoms with Gasteiger partial charge in [-0.05, 0) is 30.3 Å². The highest BCUT2D eigenvalue weighted by molar-refractivity contribution is 5.30. The van der Waals surface area contributed by atoms with E-state index in [1.807, 2.05) is 0 Å². The molecule has 0 aliphatic carbocycles. The van der Waals surface area contributed by atoms with Gasteiger partial charge >= 0.3 is 6.18 Å². The average Bonchev–Trinajstić information content (AvgIpc) is 2.89. The molecule has 1 N–H and O–H groups in total. The topological polar surface area (TPSA) is 42.6 Å². The molecule has 0 saturated carbocycles. The monoisotopic (exact) mass is 272 g/mol. The predicted molar refractivity (Wildman–Crippen MR) is 60.6 cm³/mol. The Bertz CT molecular complexity index is 520. The van der Waals surface area contributed by atoms with Crippen LogP contribution in [0.1, 0.15) is 17.4 Å². The molecule has 0 amide bonds. The summed E-state index contributed by atoms with van der Waals surface area (Å²) >= 11 is 0. The molecule has 0 saturated heterocycles. The van der Waals surface area contributed by atoms with Gasteiger partial charge in [-0.2, -0.15) is 13.2 Å². The number of aliphatic hydroxyl groups is 1. The number of benzene rings is 1. The van der Waals surface area contributed by atoms with Crippen LogP contribution >= 0.6 is 0 Å². The van der Waals surface area contributed by atoms with Crippen LogP contribution in [0.4, 0.5) is 13.2 Å². The number of hydrogen-bond acceptors (Lipinski definition) is 3. The lowest BCUT2D eigenvalue weighted by Crippen LogP contribution is -2.10. The predicted octanol–water partition coefficient (Wildman–Crippen LogP) is 3.41. The molecule has 2 aromatic rings. The van der Waals surface area contributed by atoms with E-state index in [4.69, 9.17) is 9.15 Å². The molecule has 1 aromatic heterocycles. The van der Waals surface area contributed by atoms with E-state index < -0.39 is 17.8 Å². The molecule has 2 rings (SSSR count). The van der Waals surface area contributed by atoms with E-state index in [-0.39, 0.29) is 12.4 Å². The number of hydrogen-bond donors (Lipinski definition) is 1. The lowest BCUT2D eigenvalue weighted by Gasteiger charge is -2.12. The van der Waals surface area contributed by atoms with Crippen molar-refractivity contribution in [2.24, 2.45) is 0 Å². The zero-order chi connectivity index (χ0) is 13.9. The lowest BCUT2D eigenvalue weighted by atomic mass is 10.2. The number of halogens is 3. The minimum Gasteiger partial charge on any atom is -0.490 e. The first kappa shape index (κ1) is 13.5. The second kappa shape index (κ2) is 5.36. The van der Waals surface area contributed by atoms with Crippen molar-refractivity contribution in [3.05, 3.63) is 54.0 Å². The Labute approximate surface area is 107 Å². The Balaban J connectivity index is 2.00. The molecule has 1 atom stereocenters. The minimum atomic E-state index is -4.42. The van der Waals surface area contributed by atoms with Crippen LogP contribution in [0.15, 0.2) is 47.1 Å². The van der Waals surface area contributed by atoms with Gasteiger partial charge in [0.2, 0.25) is 0 Å². The van der Waals surface area contributed by atoms with Gasteiger partial charge in [0.1, 0.15) is 24.2 Å². The van der Waals surface area contributed by atoms with Crippen LogP contribution in [0, 0.1) is 0 Å². The highest BCUT2D eigenvalue weighted by atomic mass is 19.4. The Hall–Kier alpha value is -1.95. The fourth-order valence-corrected chi connectivity index (χ4v) is 1.50. The number of ether oxygens (including phenoxy) is 1. The molecule has 102 valence electrons. The molecular weight excluding hydrogens is 261 g/mol. The van der Waals surface area contributed by atoms with Gasteiger partial charge in [0.05, 0.1) is 11.8 Å². The molecule has 19 heavy (non-hydrogen) atoms. The molecule has 6 heteroatoms.